The maximum Gasteiger partial charge on any atom is 0.306 e. The Balaban J connectivity index is 1.13. The highest BCUT2D eigenvalue weighted by molar-refractivity contribution is 7.91. The number of nitrogens with one attached hydrogen (secondary N) is 2. The lowest BCUT2D eigenvalue weighted by Crippen LogP contribution is -2.57. The molecule has 1 aromatic heterocycles. The molecule has 4 aliphatic carbocycles. The summed E-state index contributed by atoms with van der Waals surface area (Å²) in [7, 11) is -3.87. The highest BCUT2D eigenvalue weighted by Crippen LogP contribution is 2.46. The van der Waals surface area contributed by atoms with E-state index in [1.807, 2.05) is 24.3 Å². The quantitative estimate of drug-likeness (QED) is 0.306. The van der Waals surface area contributed by atoms with Crippen molar-refractivity contribution in [3.63, 3.8) is 0 Å². The summed E-state index contributed by atoms with van der Waals surface area (Å²) >= 11 is 0. The van der Waals surface area contributed by atoms with Gasteiger partial charge in [-0.15, -0.1) is 6.58 Å². The number of carbonyl (C=O) groups is 4. The number of hydrogen-bond donors (Lipinski definition) is 2. The lowest BCUT2D eigenvalue weighted by atomic mass is 9.86. The number of rotatable bonds is 7. The molecule has 0 radical (unpaired) electrons. The van der Waals surface area contributed by atoms with E-state index in [0.29, 0.717) is 18.7 Å². The predicted octanol–water partition coefficient (Wildman–Crippen LogP) is 4.58. The van der Waals surface area contributed by atoms with Crippen LogP contribution in [0.5, 0.6) is 5.88 Å². The molecule has 1 saturated heterocycles. The lowest BCUT2D eigenvalue weighted by Gasteiger charge is -2.31. The summed E-state index contributed by atoms with van der Waals surface area (Å²) in [5.41, 5.74) is -0.537. The molecule has 12 nitrogen and oxygen atoms in total. The fourth-order valence-corrected chi connectivity index (χ4v) is 10.5. The first-order chi connectivity index (χ1) is 25.5. The second kappa shape index (κ2) is 14.2. The lowest BCUT2D eigenvalue weighted by molar-refractivity contribution is -0.156. The summed E-state index contributed by atoms with van der Waals surface area (Å²) in [6.07, 6.45) is 14.7. The number of ether oxygens (including phenoxy) is 2. The minimum Gasteiger partial charge on any atom is -0.472 e. The van der Waals surface area contributed by atoms with Crippen molar-refractivity contribution in [3.8, 4) is 5.88 Å². The van der Waals surface area contributed by atoms with Gasteiger partial charge in [-0.1, -0.05) is 43.2 Å². The number of sulfonamides is 1. The van der Waals surface area contributed by atoms with Crippen molar-refractivity contribution in [1.82, 2.24) is 19.9 Å². The van der Waals surface area contributed by atoms with Crippen LogP contribution >= 0.6 is 0 Å². The van der Waals surface area contributed by atoms with Gasteiger partial charge in [0.1, 0.15) is 23.8 Å². The molecule has 2 aromatic rings. The number of nitrogens with zero attached hydrogens (tertiary/aromatic N) is 2. The molecule has 282 valence electrons. The Bertz CT molecular complexity index is 1960. The van der Waals surface area contributed by atoms with Gasteiger partial charge in [-0.25, -0.2) is 13.4 Å². The van der Waals surface area contributed by atoms with E-state index in [0.717, 1.165) is 67.7 Å². The molecular weight excluding hydrogens is 697 g/mol. The van der Waals surface area contributed by atoms with E-state index in [-0.39, 0.29) is 49.7 Å². The second-order valence-electron chi connectivity index (χ2n) is 16.0. The minimum absolute atomic E-state index is 0.0388. The SMILES string of the molecule is C=C[C@@H]1C[C@]1(NC(=O)C1C[C@@H]2CN1C(=O)[C@H](C1CCCC1)CC(=O)O[C@H]1CCC[C@@H]1C/C=C/c1ccc3ccnc(c3c1)O2)C(=O)NS(=O)(=O)C1CC1. The van der Waals surface area contributed by atoms with Crippen molar-refractivity contribution in [1.29, 1.82) is 0 Å². The zero-order valence-electron chi connectivity index (χ0n) is 29.9. The van der Waals surface area contributed by atoms with Crippen LogP contribution in [-0.4, -0.2) is 77.6 Å². The van der Waals surface area contributed by atoms with Crippen molar-refractivity contribution < 1.29 is 37.1 Å². The maximum absolute atomic E-state index is 14.8. The van der Waals surface area contributed by atoms with Gasteiger partial charge in [0.15, 0.2) is 0 Å². The van der Waals surface area contributed by atoms with Crippen LogP contribution in [0.15, 0.2) is 49.2 Å². The van der Waals surface area contributed by atoms with Gasteiger partial charge in [0.2, 0.25) is 27.7 Å². The van der Waals surface area contributed by atoms with Crippen LogP contribution in [0.2, 0.25) is 0 Å². The molecule has 1 aromatic carbocycles. The van der Waals surface area contributed by atoms with Crippen molar-refractivity contribution in [2.24, 2.45) is 23.7 Å². The van der Waals surface area contributed by atoms with Gasteiger partial charge < -0.3 is 19.7 Å². The molecule has 53 heavy (non-hydrogen) atoms. The average molecular weight is 745 g/mol. The van der Waals surface area contributed by atoms with E-state index in [9.17, 15) is 27.6 Å². The van der Waals surface area contributed by atoms with Crippen LogP contribution in [0.3, 0.4) is 0 Å². The van der Waals surface area contributed by atoms with E-state index >= 15 is 0 Å². The number of allylic oxidation sites excluding steroid dienone is 1. The number of benzene rings is 1. The summed E-state index contributed by atoms with van der Waals surface area (Å²) < 4.78 is 40.3. The maximum atomic E-state index is 14.8. The standard InChI is InChI=1S/C40H48N4O8S/c1-2-28-22-40(28,39(48)43-53(49,50)30-15-16-30)42-36(46)33-20-29-23-44(33)38(47)32(25-8-3-4-9-25)21-35(45)52-34-12-6-11-27(34)10-5-7-24-13-14-26-17-18-41-37(51-29)31(26)19-24/h2,5,7,13-14,17-19,25,27-30,32-34H,1,3-4,6,8-12,15-16,20-23H2,(H,42,46)(H,43,48)/b7-5+/t27-,28+,29+,32-,33?,34-,40+/m0/s1. The van der Waals surface area contributed by atoms with Gasteiger partial charge in [0.05, 0.1) is 24.1 Å². The van der Waals surface area contributed by atoms with Gasteiger partial charge in [-0.3, -0.25) is 23.9 Å². The van der Waals surface area contributed by atoms with Crippen molar-refractivity contribution in [3.05, 3.63) is 54.8 Å². The van der Waals surface area contributed by atoms with Crippen molar-refractivity contribution >= 4 is 50.6 Å². The van der Waals surface area contributed by atoms with Crippen LogP contribution in [0.25, 0.3) is 16.8 Å². The molecule has 6 aliphatic rings. The van der Waals surface area contributed by atoms with Crippen LogP contribution in [0.1, 0.15) is 89.0 Å². The Hall–Kier alpha value is -4.26. The molecule has 2 aliphatic heterocycles. The molecule has 1 unspecified atom stereocenters. The van der Waals surface area contributed by atoms with Gasteiger partial charge in [0.25, 0.3) is 5.91 Å². The topological polar surface area (TPSA) is 161 Å². The molecule has 5 fully saturated rings. The third-order valence-corrected chi connectivity index (χ3v) is 14.2. The predicted molar refractivity (Wildman–Crippen MR) is 196 cm³/mol. The Labute approximate surface area is 310 Å². The Morgan fingerprint density at radius 1 is 1.00 bits per heavy atom. The van der Waals surface area contributed by atoms with Crippen LogP contribution in [0.4, 0.5) is 0 Å². The van der Waals surface area contributed by atoms with Gasteiger partial charge in [-0.2, -0.15) is 0 Å². The highest BCUT2D eigenvalue weighted by Gasteiger charge is 2.62. The monoisotopic (exact) mass is 744 g/mol. The first-order valence-electron chi connectivity index (χ1n) is 19.3. The molecule has 3 heterocycles. The van der Waals surface area contributed by atoms with Crippen molar-refractivity contribution in [2.45, 2.75) is 113 Å². The molecule has 8 rings (SSSR count). The Kier molecular flexibility index (Phi) is 9.57. The molecule has 7 atom stereocenters. The molecular formula is C40H48N4O8S. The van der Waals surface area contributed by atoms with Gasteiger partial charge in [-0.05, 0) is 92.7 Å². The number of amides is 3. The highest BCUT2D eigenvalue weighted by atomic mass is 32.2. The fourth-order valence-electron chi connectivity index (χ4n) is 9.14. The van der Waals surface area contributed by atoms with E-state index in [4.69, 9.17) is 9.47 Å². The molecule has 4 bridgehead atoms. The minimum atomic E-state index is -3.87. The van der Waals surface area contributed by atoms with E-state index in [1.165, 1.54) is 11.0 Å². The van der Waals surface area contributed by atoms with Gasteiger partial charge >= 0.3 is 5.97 Å². The number of pyridine rings is 1. The zero-order chi connectivity index (χ0) is 36.9. The van der Waals surface area contributed by atoms with Crippen molar-refractivity contribution in [2.75, 3.05) is 6.54 Å². The van der Waals surface area contributed by atoms with Crippen LogP contribution in [-0.2, 0) is 33.9 Å². The largest absolute Gasteiger partial charge is 0.472 e. The molecule has 4 saturated carbocycles. The normalized spacial score (nSPS) is 32.6. The summed E-state index contributed by atoms with van der Waals surface area (Å²) in [5, 5.41) is 3.98. The number of fused-ring (bicyclic) bond motifs is 4. The zero-order valence-corrected chi connectivity index (χ0v) is 30.7. The molecule has 13 heteroatoms. The third-order valence-electron chi connectivity index (χ3n) is 12.4. The molecule has 0 spiro atoms. The van der Waals surface area contributed by atoms with E-state index in [1.54, 1.807) is 6.20 Å². The smallest absolute Gasteiger partial charge is 0.306 e. The number of carbonyl (C=O) groups excluding carboxylic acids is 4. The summed E-state index contributed by atoms with van der Waals surface area (Å²) in [6.45, 7) is 3.88. The van der Waals surface area contributed by atoms with Gasteiger partial charge in [0, 0.05) is 23.9 Å². The van der Waals surface area contributed by atoms with E-state index < -0.39 is 62.6 Å². The van der Waals surface area contributed by atoms with E-state index in [2.05, 4.69) is 33.8 Å². The first-order valence-corrected chi connectivity index (χ1v) is 20.8. The summed E-state index contributed by atoms with van der Waals surface area (Å²) in [5.74, 6) is -2.72. The average Bonchev–Trinajstić information content (AvgIpc) is 3.93. The molecule has 3 amide bonds. The second-order valence-corrected chi connectivity index (χ2v) is 17.9. The van der Waals surface area contributed by atoms with Crippen LogP contribution < -0.4 is 14.8 Å². The fraction of sp³-hybridized carbons (Fsp3) is 0.575. The number of hydrogen-bond acceptors (Lipinski definition) is 9. The first kappa shape index (κ1) is 35.8. The van der Waals surface area contributed by atoms with Crippen LogP contribution in [0, 0.1) is 23.7 Å². The number of esters is 1. The summed E-state index contributed by atoms with van der Waals surface area (Å²) in [6, 6.07) is 6.92. The summed E-state index contributed by atoms with van der Waals surface area (Å²) in [4.78, 5) is 62.5. The third kappa shape index (κ3) is 7.20. The Morgan fingerprint density at radius 3 is 2.55 bits per heavy atom. The molecule has 2 N–H and O–H groups in total. The Morgan fingerprint density at radius 2 is 1.79 bits per heavy atom. The number of aromatic nitrogens is 1.